The fourth-order valence-corrected chi connectivity index (χ4v) is 3.45. The van der Waals surface area contributed by atoms with Crippen LogP contribution in [-0.4, -0.2) is 5.11 Å². The Morgan fingerprint density at radius 1 is 1.04 bits per heavy atom. The molecule has 122 valence electrons. The lowest BCUT2D eigenvalue weighted by atomic mass is 10.1. The van der Waals surface area contributed by atoms with Crippen LogP contribution in [0.2, 0.25) is 0 Å². The summed E-state index contributed by atoms with van der Waals surface area (Å²) in [6.07, 6.45) is 1.95. The van der Waals surface area contributed by atoms with Gasteiger partial charge in [-0.1, -0.05) is 73.6 Å². The molecule has 1 aromatic heterocycles. The summed E-state index contributed by atoms with van der Waals surface area (Å²) in [7, 11) is 0. The van der Waals surface area contributed by atoms with Gasteiger partial charge in [0.1, 0.15) is 16.4 Å². The minimum atomic E-state index is -0.523. The Balaban J connectivity index is 1.97. The molecule has 0 fully saturated rings. The van der Waals surface area contributed by atoms with E-state index in [1.807, 2.05) is 54.6 Å². The summed E-state index contributed by atoms with van der Waals surface area (Å²) in [5, 5.41) is 10.3. The molecule has 0 aliphatic rings. The highest BCUT2D eigenvalue weighted by atomic mass is 32.2. The third-order valence-corrected chi connectivity index (χ3v) is 4.85. The standard InChI is InChI=1S/C20H18O3S/c1-2-8-15-11-6-7-12-18(15)24-19-16(21)13-17(23-20(19)22)14-9-4-3-5-10-14/h3-7,9-13,21H,2,8H2,1H3. The molecule has 0 saturated heterocycles. The lowest BCUT2D eigenvalue weighted by molar-refractivity contribution is 0.430. The molecule has 0 aliphatic heterocycles. The molecular weight excluding hydrogens is 320 g/mol. The molecule has 1 heterocycles. The molecule has 0 amide bonds. The zero-order chi connectivity index (χ0) is 16.9. The van der Waals surface area contributed by atoms with Crippen molar-refractivity contribution in [3.63, 3.8) is 0 Å². The highest BCUT2D eigenvalue weighted by Crippen LogP contribution is 2.36. The van der Waals surface area contributed by atoms with Crippen LogP contribution in [0.15, 0.2) is 79.7 Å². The predicted molar refractivity (Wildman–Crippen MR) is 96.6 cm³/mol. The summed E-state index contributed by atoms with van der Waals surface area (Å²) in [6, 6.07) is 18.7. The zero-order valence-electron chi connectivity index (χ0n) is 13.4. The van der Waals surface area contributed by atoms with E-state index in [-0.39, 0.29) is 10.6 Å². The van der Waals surface area contributed by atoms with E-state index in [9.17, 15) is 9.90 Å². The van der Waals surface area contributed by atoms with Gasteiger partial charge in [-0.05, 0) is 18.1 Å². The molecule has 0 unspecified atom stereocenters. The van der Waals surface area contributed by atoms with Crippen LogP contribution in [0.4, 0.5) is 0 Å². The van der Waals surface area contributed by atoms with Gasteiger partial charge >= 0.3 is 5.63 Å². The second kappa shape index (κ2) is 7.41. The van der Waals surface area contributed by atoms with Crippen LogP contribution in [-0.2, 0) is 6.42 Å². The largest absolute Gasteiger partial charge is 0.506 e. The number of aryl methyl sites for hydroxylation is 1. The number of hydrogen-bond acceptors (Lipinski definition) is 4. The predicted octanol–water partition coefficient (Wildman–Crippen LogP) is 5.12. The summed E-state index contributed by atoms with van der Waals surface area (Å²) in [5.74, 6) is 0.311. The van der Waals surface area contributed by atoms with Crippen molar-refractivity contribution in [1.82, 2.24) is 0 Å². The Labute approximate surface area is 145 Å². The molecule has 0 saturated carbocycles. The van der Waals surface area contributed by atoms with Crippen molar-refractivity contribution in [3.8, 4) is 17.1 Å². The molecule has 0 bridgehead atoms. The molecule has 0 radical (unpaired) electrons. The maximum absolute atomic E-state index is 12.4. The zero-order valence-corrected chi connectivity index (χ0v) is 14.2. The maximum atomic E-state index is 12.4. The summed E-state index contributed by atoms with van der Waals surface area (Å²) < 4.78 is 5.41. The molecule has 1 N–H and O–H groups in total. The van der Waals surface area contributed by atoms with E-state index in [2.05, 4.69) is 6.92 Å². The summed E-state index contributed by atoms with van der Waals surface area (Å²) in [6.45, 7) is 2.11. The van der Waals surface area contributed by atoms with E-state index >= 15 is 0 Å². The molecule has 3 nitrogen and oxygen atoms in total. The minimum absolute atomic E-state index is 0.0543. The first-order chi connectivity index (χ1) is 11.7. The van der Waals surface area contributed by atoms with Gasteiger partial charge in [0, 0.05) is 16.5 Å². The minimum Gasteiger partial charge on any atom is -0.506 e. The quantitative estimate of drug-likeness (QED) is 0.702. The SMILES string of the molecule is CCCc1ccccc1Sc1c(O)cc(-c2ccccc2)oc1=O. The van der Waals surface area contributed by atoms with Crippen molar-refractivity contribution in [2.75, 3.05) is 0 Å². The molecule has 2 aromatic carbocycles. The van der Waals surface area contributed by atoms with Gasteiger partial charge in [-0.25, -0.2) is 4.79 Å². The first kappa shape index (κ1) is 16.4. The van der Waals surface area contributed by atoms with Gasteiger partial charge in [-0.2, -0.15) is 0 Å². The normalized spacial score (nSPS) is 10.7. The van der Waals surface area contributed by atoms with Crippen LogP contribution in [0.5, 0.6) is 5.75 Å². The lowest BCUT2D eigenvalue weighted by Crippen LogP contribution is -2.03. The summed E-state index contributed by atoms with van der Waals surface area (Å²) >= 11 is 1.26. The van der Waals surface area contributed by atoms with Crippen LogP contribution in [0, 0.1) is 0 Å². The first-order valence-electron chi connectivity index (χ1n) is 7.87. The van der Waals surface area contributed by atoms with Gasteiger partial charge in [0.15, 0.2) is 0 Å². The second-order valence-corrected chi connectivity index (χ2v) is 6.49. The average molecular weight is 338 g/mol. The van der Waals surface area contributed by atoms with Crippen LogP contribution < -0.4 is 5.63 Å². The number of hydrogen-bond donors (Lipinski definition) is 1. The van der Waals surface area contributed by atoms with Gasteiger partial charge in [0.05, 0.1) is 0 Å². The second-order valence-electron chi connectivity index (χ2n) is 5.44. The van der Waals surface area contributed by atoms with Crippen molar-refractivity contribution in [2.24, 2.45) is 0 Å². The van der Waals surface area contributed by atoms with Crippen LogP contribution in [0.3, 0.4) is 0 Å². The van der Waals surface area contributed by atoms with Crippen molar-refractivity contribution < 1.29 is 9.52 Å². The fourth-order valence-electron chi connectivity index (χ4n) is 2.50. The van der Waals surface area contributed by atoms with Gasteiger partial charge in [0.2, 0.25) is 0 Å². The van der Waals surface area contributed by atoms with Crippen molar-refractivity contribution >= 4 is 11.8 Å². The third kappa shape index (κ3) is 3.54. The Morgan fingerprint density at radius 3 is 2.46 bits per heavy atom. The highest BCUT2D eigenvalue weighted by Gasteiger charge is 2.15. The van der Waals surface area contributed by atoms with Crippen LogP contribution >= 0.6 is 11.8 Å². The molecule has 0 spiro atoms. The number of aromatic hydroxyl groups is 1. The van der Waals surface area contributed by atoms with Gasteiger partial charge in [-0.15, -0.1) is 0 Å². The molecule has 4 heteroatoms. The van der Waals surface area contributed by atoms with Crippen LogP contribution in [0.1, 0.15) is 18.9 Å². The number of benzene rings is 2. The van der Waals surface area contributed by atoms with Crippen molar-refractivity contribution in [1.29, 1.82) is 0 Å². The third-order valence-electron chi connectivity index (χ3n) is 3.65. The smallest absolute Gasteiger partial charge is 0.354 e. The monoisotopic (exact) mass is 338 g/mol. The molecule has 3 rings (SSSR count). The number of rotatable bonds is 5. The van der Waals surface area contributed by atoms with Gasteiger partial charge in [-0.3, -0.25) is 0 Å². The topological polar surface area (TPSA) is 50.4 Å². The average Bonchev–Trinajstić information content (AvgIpc) is 2.60. The molecular formula is C20H18O3S. The van der Waals surface area contributed by atoms with E-state index in [4.69, 9.17) is 4.42 Å². The van der Waals surface area contributed by atoms with E-state index in [0.29, 0.717) is 5.76 Å². The molecule has 3 aromatic rings. The Hall–Kier alpha value is -2.46. The Morgan fingerprint density at radius 2 is 1.75 bits per heavy atom. The van der Waals surface area contributed by atoms with E-state index < -0.39 is 5.63 Å². The van der Waals surface area contributed by atoms with E-state index in [0.717, 1.165) is 28.9 Å². The van der Waals surface area contributed by atoms with Gasteiger partial charge in [0.25, 0.3) is 0 Å². The maximum Gasteiger partial charge on any atom is 0.354 e. The van der Waals surface area contributed by atoms with E-state index in [1.54, 1.807) is 0 Å². The molecule has 0 atom stereocenters. The van der Waals surface area contributed by atoms with Crippen LogP contribution in [0.25, 0.3) is 11.3 Å². The molecule has 0 aliphatic carbocycles. The Kier molecular flexibility index (Phi) is 5.06. The van der Waals surface area contributed by atoms with Gasteiger partial charge < -0.3 is 9.52 Å². The first-order valence-corrected chi connectivity index (χ1v) is 8.69. The van der Waals surface area contributed by atoms with Crippen molar-refractivity contribution in [3.05, 3.63) is 76.6 Å². The fraction of sp³-hybridized carbons (Fsp3) is 0.150. The molecule has 24 heavy (non-hydrogen) atoms. The summed E-state index contributed by atoms with van der Waals surface area (Å²) in [4.78, 5) is 13.5. The lowest BCUT2D eigenvalue weighted by Gasteiger charge is -2.09. The van der Waals surface area contributed by atoms with Crippen molar-refractivity contribution in [2.45, 2.75) is 29.6 Å². The highest BCUT2D eigenvalue weighted by molar-refractivity contribution is 7.99. The van der Waals surface area contributed by atoms with E-state index in [1.165, 1.54) is 17.8 Å². The Bertz CT molecular complexity index is 885. The summed E-state index contributed by atoms with van der Waals surface area (Å²) in [5.41, 5.74) is 1.40.